The van der Waals surface area contributed by atoms with Crippen molar-refractivity contribution in [2.45, 2.75) is 19.6 Å². The highest BCUT2D eigenvalue weighted by Crippen LogP contribution is 2.28. The van der Waals surface area contributed by atoms with Crippen molar-refractivity contribution >= 4 is 19.5 Å². The molecule has 0 aliphatic carbocycles. The van der Waals surface area contributed by atoms with Gasteiger partial charge < -0.3 is 9.47 Å². The van der Waals surface area contributed by atoms with E-state index in [1.807, 2.05) is 0 Å². The van der Waals surface area contributed by atoms with Crippen LogP contribution in [0.1, 0.15) is 10.4 Å². The third kappa shape index (κ3) is 2.27. The van der Waals surface area contributed by atoms with Crippen molar-refractivity contribution in [3.05, 3.63) is 17.7 Å². The zero-order chi connectivity index (χ0) is 12.3. The predicted molar refractivity (Wildman–Crippen MR) is 67.9 cm³/mol. The lowest BCUT2D eigenvalue weighted by atomic mass is 10.2. The molecule has 1 aromatic carbocycles. The van der Waals surface area contributed by atoms with Gasteiger partial charge in [0.15, 0.2) is 11.5 Å². The second kappa shape index (κ2) is 4.70. The van der Waals surface area contributed by atoms with Crippen molar-refractivity contribution < 1.29 is 14.3 Å². The van der Waals surface area contributed by atoms with E-state index in [1.54, 1.807) is 26.4 Å². The minimum Gasteiger partial charge on any atom is -0.493 e. The van der Waals surface area contributed by atoms with Crippen molar-refractivity contribution in [2.75, 3.05) is 14.2 Å². The molecule has 88 valence electrons. The Bertz CT molecular complexity index is 394. The third-order valence-corrected chi connectivity index (χ3v) is 4.47. The van der Waals surface area contributed by atoms with Crippen LogP contribution in [0.3, 0.4) is 0 Å². The van der Waals surface area contributed by atoms with Crippen LogP contribution >= 0.6 is 0 Å². The normalized spacial score (nSPS) is 11.1. The molecule has 0 N–H and O–H groups in total. The molecule has 0 fully saturated rings. The van der Waals surface area contributed by atoms with E-state index in [0.717, 1.165) is 11.5 Å². The Morgan fingerprint density at radius 3 is 2.12 bits per heavy atom. The SMILES string of the molecule is COc1ccc(C=O)c([Si](C)(C)C)c1OC. The number of rotatable bonds is 4. The molecule has 3 nitrogen and oxygen atoms in total. The number of methoxy groups -OCH3 is 2. The number of carbonyl (C=O) groups is 1. The van der Waals surface area contributed by atoms with E-state index in [-0.39, 0.29) is 0 Å². The Kier molecular flexibility index (Phi) is 3.75. The average molecular weight is 238 g/mol. The van der Waals surface area contributed by atoms with Crippen LogP contribution in [-0.4, -0.2) is 28.6 Å². The minimum atomic E-state index is -1.65. The van der Waals surface area contributed by atoms with Gasteiger partial charge in [0.2, 0.25) is 0 Å². The molecular formula is C12H18O3Si. The number of aldehydes is 1. The summed E-state index contributed by atoms with van der Waals surface area (Å²) in [7, 11) is 1.56. The number of carbonyl (C=O) groups excluding carboxylic acids is 1. The largest absolute Gasteiger partial charge is 0.493 e. The standard InChI is InChI=1S/C12H18O3Si/c1-14-10-7-6-9(8-13)12(11(10)15-2)16(3,4)5/h6-8H,1-5H3. The van der Waals surface area contributed by atoms with E-state index >= 15 is 0 Å². The molecule has 0 amide bonds. The molecule has 4 heteroatoms. The number of hydrogen-bond donors (Lipinski definition) is 0. The molecule has 1 rings (SSSR count). The summed E-state index contributed by atoms with van der Waals surface area (Å²) < 4.78 is 10.6. The summed E-state index contributed by atoms with van der Waals surface area (Å²) in [4.78, 5) is 11.1. The van der Waals surface area contributed by atoms with Crippen LogP contribution in [0.15, 0.2) is 12.1 Å². The van der Waals surface area contributed by atoms with Gasteiger partial charge in [-0.3, -0.25) is 4.79 Å². The summed E-state index contributed by atoms with van der Waals surface area (Å²) in [5, 5.41) is 1.02. The molecule has 0 bridgehead atoms. The molecular weight excluding hydrogens is 220 g/mol. The first-order chi connectivity index (χ1) is 7.45. The van der Waals surface area contributed by atoms with Crippen LogP contribution in [-0.2, 0) is 0 Å². The van der Waals surface area contributed by atoms with E-state index in [1.165, 1.54) is 0 Å². The molecule has 1 aromatic rings. The molecule has 0 radical (unpaired) electrons. The van der Waals surface area contributed by atoms with Gasteiger partial charge in [-0.1, -0.05) is 19.6 Å². The van der Waals surface area contributed by atoms with Crippen molar-refractivity contribution in [3.63, 3.8) is 0 Å². The fourth-order valence-corrected chi connectivity index (χ4v) is 3.73. The molecule has 0 aliphatic heterocycles. The number of ether oxygens (including phenoxy) is 2. The molecule has 0 heterocycles. The van der Waals surface area contributed by atoms with Gasteiger partial charge in [-0.25, -0.2) is 0 Å². The highest BCUT2D eigenvalue weighted by Gasteiger charge is 2.26. The molecule has 0 atom stereocenters. The van der Waals surface area contributed by atoms with E-state index < -0.39 is 8.07 Å². The Balaban J connectivity index is 3.56. The Morgan fingerprint density at radius 1 is 1.12 bits per heavy atom. The maximum absolute atomic E-state index is 11.1. The quantitative estimate of drug-likeness (QED) is 0.595. The molecule has 0 aromatic heterocycles. The first kappa shape index (κ1) is 12.8. The third-order valence-electron chi connectivity index (χ3n) is 2.45. The molecule has 16 heavy (non-hydrogen) atoms. The minimum absolute atomic E-state index is 0.686. The zero-order valence-electron chi connectivity index (χ0n) is 10.5. The van der Waals surface area contributed by atoms with Gasteiger partial charge in [-0.15, -0.1) is 0 Å². The number of benzene rings is 1. The van der Waals surface area contributed by atoms with Crippen molar-refractivity contribution in [1.29, 1.82) is 0 Å². The summed E-state index contributed by atoms with van der Waals surface area (Å²) in [6.07, 6.45) is 0.884. The van der Waals surface area contributed by atoms with Crippen LogP contribution in [0.25, 0.3) is 0 Å². The first-order valence-corrected chi connectivity index (χ1v) is 8.66. The van der Waals surface area contributed by atoms with Gasteiger partial charge in [-0.05, 0) is 17.3 Å². The van der Waals surface area contributed by atoms with Gasteiger partial charge >= 0.3 is 0 Å². The van der Waals surface area contributed by atoms with Crippen LogP contribution in [0.5, 0.6) is 11.5 Å². The van der Waals surface area contributed by atoms with Crippen molar-refractivity contribution in [1.82, 2.24) is 0 Å². The second-order valence-electron chi connectivity index (χ2n) is 4.63. The fraction of sp³-hybridized carbons (Fsp3) is 0.417. The van der Waals surface area contributed by atoms with Gasteiger partial charge in [0.25, 0.3) is 0 Å². The molecule has 0 unspecified atom stereocenters. The summed E-state index contributed by atoms with van der Waals surface area (Å²) in [6.45, 7) is 6.53. The highest BCUT2D eigenvalue weighted by molar-refractivity contribution is 6.90. The maximum atomic E-state index is 11.1. The monoisotopic (exact) mass is 238 g/mol. The Labute approximate surface area is 97.4 Å². The van der Waals surface area contributed by atoms with Crippen LogP contribution < -0.4 is 14.7 Å². The fourth-order valence-electron chi connectivity index (χ4n) is 1.81. The van der Waals surface area contributed by atoms with Crippen LogP contribution in [0.2, 0.25) is 19.6 Å². The first-order valence-electron chi connectivity index (χ1n) is 5.16. The average Bonchev–Trinajstić information content (AvgIpc) is 2.25. The molecule has 0 saturated heterocycles. The van der Waals surface area contributed by atoms with Crippen molar-refractivity contribution in [2.24, 2.45) is 0 Å². The lowest BCUT2D eigenvalue weighted by Gasteiger charge is -2.23. The van der Waals surface area contributed by atoms with E-state index in [2.05, 4.69) is 19.6 Å². The van der Waals surface area contributed by atoms with Gasteiger partial charge in [-0.2, -0.15) is 0 Å². The van der Waals surface area contributed by atoms with E-state index in [9.17, 15) is 4.79 Å². The van der Waals surface area contributed by atoms with Crippen molar-refractivity contribution in [3.8, 4) is 11.5 Å². The molecule has 0 saturated carbocycles. The smallest absolute Gasteiger partial charge is 0.160 e. The summed E-state index contributed by atoms with van der Waals surface area (Å²) in [5.74, 6) is 1.39. The predicted octanol–water partition coefficient (Wildman–Crippen LogP) is 2.06. The summed E-state index contributed by atoms with van der Waals surface area (Å²) in [6, 6.07) is 3.56. The van der Waals surface area contributed by atoms with Crippen LogP contribution in [0.4, 0.5) is 0 Å². The van der Waals surface area contributed by atoms with Crippen LogP contribution in [0, 0.1) is 0 Å². The van der Waals surface area contributed by atoms with Gasteiger partial charge in [0.05, 0.1) is 22.3 Å². The Morgan fingerprint density at radius 2 is 1.75 bits per heavy atom. The van der Waals surface area contributed by atoms with Gasteiger partial charge in [0.1, 0.15) is 6.29 Å². The van der Waals surface area contributed by atoms with E-state index in [0.29, 0.717) is 17.1 Å². The lowest BCUT2D eigenvalue weighted by molar-refractivity contribution is 0.112. The number of hydrogen-bond acceptors (Lipinski definition) is 3. The second-order valence-corrected chi connectivity index (χ2v) is 9.63. The summed E-state index contributed by atoms with van der Waals surface area (Å²) >= 11 is 0. The topological polar surface area (TPSA) is 35.5 Å². The molecule has 0 aliphatic rings. The lowest BCUT2D eigenvalue weighted by Crippen LogP contribution is -2.41. The van der Waals surface area contributed by atoms with E-state index in [4.69, 9.17) is 9.47 Å². The summed E-state index contributed by atoms with van der Waals surface area (Å²) in [5.41, 5.74) is 0.705. The maximum Gasteiger partial charge on any atom is 0.160 e. The van der Waals surface area contributed by atoms with Gasteiger partial charge in [0, 0.05) is 5.56 Å². The highest BCUT2D eigenvalue weighted by atomic mass is 28.3. The molecule has 0 spiro atoms. The zero-order valence-corrected chi connectivity index (χ0v) is 11.5. The Hall–Kier alpha value is -1.29.